The Balaban J connectivity index is 2.33. The Bertz CT molecular complexity index is 652. The van der Waals surface area contributed by atoms with Crippen LogP contribution in [-0.2, 0) is 16.4 Å². The zero-order chi connectivity index (χ0) is 13.2. The highest BCUT2D eigenvalue weighted by Gasteiger charge is 2.16. The van der Waals surface area contributed by atoms with Gasteiger partial charge in [0.25, 0.3) is 10.0 Å². The van der Waals surface area contributed by atoms with Gasteiger partial charge in [0, 0.05) is 10.6 Å². The van der Waals surface area contributed by atoms with Gasteiger partial charge in [-0.15, -0.1) is 0 Å². The van der Waals surface area contributed by atoms with Crippen LogP contribution >= 0.6 is 11.6 Å². The maximum Gasteiger partial charge on any atom is 0.263 e. The summed E-state index contributed by atoms with van der Waals surface area (Å²) < 4.78 is 26.7. The number of halogens is 1. The molecule has 7 heteroatoms. The molecular weight excluding hydrogens is 274 g/mol. The van der Waals surface area contributed by atoms with Crippen molar-refractivity contribution in [3.05, 3.63) is 41.0 Å². The van der Waals surface area contributed by atoms with Crippen molar-refractivity contribution in [3.63, 3.8) is 0 Å². The molecule has 0 aliphatic heterocycles. The average Bonchev–Trinajstić information content (AvgIpc) is 2.75. The number of hydrogen-bond acceptors (Lipinski definition) is 3. The number of aryl methyl sites for hydroxylation is 1. The maximum absolute atomic E-state index is 12.1. The van der Waals surface area contributed by atoms with Crippen LogP contribution in [0.4, 0.5) is 5.82 Å². The molecule has 2 N–H and O–H groups in total. The molecule has 0 fully saturated rings. The van der Waals surface area contributed by atoms with Gasteiger partial charge in [0.15, 0.2) is 0 Å². The Hall–Kier alpha value is -1.53. The summed E-state index contributed by atoms with van der Waals surface area (Å²) in [6.45, 7) is 1.92. The van der Waals surface area contributed by atoms with Crippen LogP contribution < -0.4 is 4.72 Å². The first-order valence-electron chi connectivity index (χ1n) is 5.33. The van der Waals surface area contributed by atoms with Crippen LogP contribution in [-0.4, -0.2) is 18.6 Å². The first-order chi connectivity index (χ1) is 8.53. The predicted molar refractivity (Wildman–Crippen MR) is 70.2 cm³/mol. The van der Waals surface area contributed by atoms with Gasteiger partial charge in [-0.1, -0.05) is 24.6 Å². The van der Waals surface area contributed by atoms with Gasteiger partial charge in [-0.25, -0.2) is 8.42 Å². The molecule has 18 heavy (non-hydrogen) atoms. The summed E-state index contributed by atoms with van der Waals surface area (Å²) in [6, 6.07) is 6.08. The maximum atomic E-state index is 12.1. The van der Waals surface area contributed by atoms with Gasteiger partial charge in [-0.2, -0.15) is 5.10 Å². The topological polar surface area (TPSA) is 74.8 Å². The van der Waals surface area contributed by atoms with E-state index in [2.05, 4.69) is 14.9 Å². The van der Waals surface area contributed by atoms with Gasteiger partial charge in [-0.3, -0.25) is 9.82 Å². The van der Waals surface area contributed by atoms with E-state index >= 15 is 0 Å². The van der Waals surface area contributed by atoms with E-state index in [0.717, 1.165) is 5.56 Å². The summed E-state index contributed by atoms with van der Waals surface area (Å²) in [4.78, 5) is 0.117. The fourth-order valence-corrected chi connectivity index (χ4v) is 2.85. The van der Waals surface area contributed by atoms with Gasteiger partial charge in [-0.05, 0) is 24.6 Å². The molecule has 0 aliphatic carbocycles. The minimum absolute atomic E-state index is 0.117. The van der Waals surface area contributed by atoms with Crippen LogP contribution in [0, 0.1) is 0 Å². The zero-order valence-electron chi connectivity index (χ0n) is 9.64. The van der Waals surface area contributed by atoms with Crippen LogP contribution in [0.15, 0.2) is 35.4 Å². The number of hydrogen-bond donors (Lipinski definition) is 2. The standard InChI is InChI=1S/C11H12ClN3O2S/c1-2-8-7-13-14-11(8)15-18(16,17)10-5-3-4-9(12)6-10/h3-7H,2H2,1H3,(H2,13,14,15). The van der Waals surface area contributed by atoms with Crippen LogP contribution in [0.2, 0.25) is 5.02 Å². The number of benzene rings is 1. The number of sulfonamides is 1. The summed E-state index contributed by atoms with van der Waals surface area (Å²) in [5, 5.41) is 6.81. The highest BCUT2D eigenvalue weighted by molar-refractivity contribution is 7.92. The molecule has 0 aliphatic rings. The third-order valence-electron chi connectivity index (χ3n) is 2.44. The van der Waals surface area contributed by atoms with Crippen LogP contribution in [0.5, 0.6) is 0 Å². The Morgan fingerprint density at radius 1 is 1.44 bits per heavy atom. The first kappa shape index (κ1) is 12.9. The number of anilines is 1. The van der Waals surface area contributed by atoms with Crippen LogP contribution in [0.25, 0.3) is 0 Å². The molecule has 5 nitrogen and oxygen atoms in total. The minimum atomic E-state index is -3.64. The Labute approximate surface area is 110 Å². The molecule has 0 amide bonds. The largest absolute Gasteiger partial charge is 0.264 e. The highest BCUT2D eigenvalue weighted by atomic mass is 35.5. The molecule has 1 heterocycles. The normalized spacial score (nSPS) is 11.4. The van der Waals surface area contributed by atoms with Crippen molar-refractivity contribution in [2.24, 2.45) is 0 Å². The van der Waals surface area contributed by atoms with E-state index in [9.17, 15) is 8.42 Å². The van der Waals surface area contributed by atoms with E-state index in [1.807, 2.05) is 6.92 Å². The van der Waals surface area contributed by atoms with Crippen molar-refractivity contribution in [1.29, 1.82) is 0 Å². The molecule has 0 saturated carbocycles. The van der Waals surface area contributed by atoms with Gasteiger partial charge < -0.3 is 0 Å². The second kappa shape index (κ2) is 4.99. The Morgan fingerprint density at radius 3 is 2.89 bits per heavy atom. The lowest BCUT2D eigenvalue weighted by atomic mass is 10.3. The second-order valence-electron chi connectivity index (χ2n) is 3.69. The molecular formula is C11H12ClN3O2S. The fourth-order valence-electron chi connectivity index (χ4n) is 1.49. The number of nitrogens with zero attached hydrogens (tertiary/aromatic N) is 1. The van der Waals surface area contributed by atoms with Crippen LogP contribution in [0.1, 0.15) is 12.5 Å². The van der Waals surface area contributed by atoms with Gasteiger partial charge in [0.2, 0.25) is 0 Å². The van der Waals surface area contributed by atoms with Gasteiger partial charge >= 0.3 is 0 Å². The number of rotatable bonds is 4. The van der Waals surface area contributed by atoms with Gasteiger partial charge in [0.05, 0.1) is 11.1 Å². The molecule has 0 atom stereocenters. The van der Waals surface area contributed by atoms with E-state index in [-0.39, 0.29) is 4.90 Å². The lowest BCUT2D eigenvalue weighted by Gasteiger charge is -2.07. The molecule has 2 aromatic rings. The highest BCUT2D eigenvalue weighted by Crippen LogP contribution is 2.20. The van der Waals surface area contributed by atoms with E-state index in [0.29, 0.717) is 17.3 Å². The van der Waals surface area contributed by atoms with Crippen molar-refractivity contribution in [3.8, 4) is 0 Å². The molecule has 2 rings (SSSR count). The summed E-state index contributed by atoms with van der Waals surface area (Å²) in [7, 11) is -3.64. The molecule has 96 valence electrons. The summed E-state index contributed by atoms with van der Waals surface area (Å²) in [5.74, 6) is 0.387. The van der Waals surface area contributed by atoms with Crippen molar-refractivity contribution < 1.29 is 8.42 Å². The molecule has 0 spiro atoms. The van der Waals surface area contributed by atoms with Crippen molar-refractivity contribution >= 4 is 27.4 Å². The fraction of sp³-hybridized carbons (Fsp3) is 0.182. The third kappa shape index (κ3) is 2.65. The minimum Gasteiger partial charge on any atom is -0.264 e. The van der Waals surface area contributed by atoms with E-state index in [1.165, 1.54) is 12.1 Å². The quantitative estimate of drug-likeness (QED) is 0.906. The number of aromatic nitrogens is 2. The number of nitrogens with one attached hydrogen (secondary N) is 2. The van der Waals surface area contributed by atoms with E-state index in [4.69, 9.17) is 11.6 Å². The Kier molecular flexibility index (Phi) is 3.58. The summed E-state index contributed by atoms with van der Waals surface area (Å²) >= 11 is 5.78. The molecule has 1 aromatic heterocycles. The molecule has 0 saturated heterocycles. The molecule has 0 unspecified atom stereocenters. The van der Waals surface area contributed by atoms with Crippen molar-refractivity contribution in [2.75, 3.05) is 4.72 Å². The number of H-pyrrole nitrogens is 1. The SMILES string of the molecule is CCc1cn[nH]c1NS(=O)(=O)c1cccc(Cl)c1. The van der Waals surface area contributed by atoms with E-state index < -0.39 is 10.0 Å². The molecule has 0 radical (unpaired) electrons. The lowest BCUT2D eigenvalue weighted by Crippen LogP contribution is -2.14. The lowest BCUT2D eigenvalue weighted by molar-refractivity contribution is 0.601. The number of aromatic amines is 1. The molecule has 0 bridgehead atoms. The average molecular weight is 286 g/mol. The zero-order valence-corrected chi connectivity index (χ0v) is 11.2. The van der Waals surface area contributed by atoms with E-state index in [1.54, 1.807) is 18.3 Å². The van der Waals surface area contributed by atoms with Crippen molar-refractivity contribution in [2.45, 2.75) is 18.2 Å². The summed E-state index contributed by atoms with van der Waals surface area (Å²) in [6.07, 6.45) is 2.28. The Morgan fingerprint density at radius 2 is 2.22 bits per heavy atom. The first-order valence-corrected chi connectivity index (χ1v) is 7.19. The smallest absolute Gasteiger partial charge is 0.263 e. The second-order valence-corrected chi connectivity index (χ2v) is 5.81. The monoisotopic (exact) mass is 285 g/mol. The third-order valence-corrected chi connectivity index (χ3v) is 4.02. The van der Waals surface area contributed by atoms with Crippen molar-refractivity contribution in [1.82, 2.24) is 10.2 Å². The predicted octanol–water partition coefficient (Wildman–Crippen LogP) is 2.43. The molecule has 1 aromatic carbocycles. The van der Waals surface area contributed by atoms with Crippen LogP contribution in [0.3, 0.4) is 0 Å². The van der Waals surface area contributed by atoms with Gasteiger partial charge in [0.1, 0.15) is 5.82 Å². The summed E-state index contributed by atoms with van der Waals surface area (Å²) in [5.41, 5.74) is 0.806.